The average Bonchev–Trinajstić information content (AvgIpc) is 2.47. The number of ether oxygens (including phenoxy) is 1. The van der Waals surface area contributed by atoms with Crippen LogP contribution in [-0.2, 0) is 11.3 Å². The number of anilines is 1. The molecule has 0 saturated heterocycles. The van der Waals surface area contributed by atoms with E-state index in [1.807, 2.05) is 24.3 Å². The second kappa shape index (κ2) is 6.64. The molecule has 0 fully saturated rings. The summed E-state index contributed by atoms with van der Waals surface area (Å²) in [5, 5.41) is 4.43. The van der Waals surface area contributed by atoms with Crippen LogP contribution in [0.15, 0.2) is 42.5 Å². The van der Waals surface area contributed by atoms with Crippen molar-refractivity contribution in [3.8, 4) is 0 Å². The van der Waals surface area contributed by atoms with Crippen molar-refractivity contribution in [2.45, 2.75) is 6.54 Å². The summed E-state index contributed by atoms with van der Waals surface area (Å²) in [6.45, 7) is 0.585. The Morgan fingerprint density at radius 3 is 2.50 bits per heavy atom. The number of benzene rings is 2. The first-order valence-corrected chi connectivity index (χ1v) is 6.72. The van der Waals surface area contributed by atoms with Gasteiger partial charge >= 0.3 is 5.97 Å². The predicted molar refractivity (Wildman–Crippen MR) is 81.6 cm³/mol. The van der Waals surface area contributed by atoms with Gasteiger partial charge in [0.15, 0.2) is 0 Å². The van der Waals surface area contributed by atoms with Crippen molar-refractivity contribution in [2.24, 2.45) is 0 Å². The number of methoxy groups -OCH3 is 1. The van der Waals surface area contributed by atoms with Crippen LogP contribution in [0.1, 0.15) is 15.9 Å². The molecule has 20 heavy (non-hydrogen) atoms. The number of nitrogens with one attached hydrogen (secondary N) is 1. The van der Waals surface area contributed by atoms with E-state index >= 15 is 0 Å². The van der Waals surface area contributed by atoms with Crippen LogP contribution in [-0.4, -0.2) is 13.1 Å². The molecule has 0 aliphatic heterocycles. The zero-order valence-corrected chi connectivity index (χ0v) is 12.3. The highest BCUT2D eigenvalue weighted by Gasteiger charge is 2.08. The molecule has 104 valence electrons. The van der Waals surface area contributed by atoms with Crippen LogP contribution in [0.3, 0.4) is 0 Å². The van der Waals surface area contributed by atoms with Crippen LogP contribution in [0.25, 0.3) is 0 Å². The second-order valence-electron chi connectivity index (χ2n) is 4.17. The van der Waals surface area contributed by atoms with Gasteiger partial charge in [-0.05, 0) is 35.9 Å². The first kappa shape index (κ1) is 14.7. The summed E-state index contributed by atoms with van der Waals surface area (Å²) < 4.78 is 4.68. The Balaban J connectivity index is 2.12. The van der Waals surface area contributed by atoms with Crippen LogP contribution in [0.2, 0.25) is 10.0 Å². The standard InChI is InChI=1S/C15H13Cl2NO2/c1-20-15(19)11-4-7-13(17)14(8-11)18-9-10-2-5-12(16)6-3-10/h2-8,18H,9H2,1H3. The van der Waals surface area contributed by atoms with Crippen LogP contribution in [0, 0.1) is 0 Å². The first-order chi connectivity index (χ1) is 9.60. The second-order valence-corrected chi connectivity index (χ2v) is 5.01. The molecule has 2 rings (SSSR count). The van der Waals surface area contributed by atoms with E-state index in [1.54, 1.807) is 18.2 Å². The third-order valence-electron chi connectivity index (χ3n) is 2.78. The summed E-state index contributed by atoms with van der Waals surface area (Å²) in [5.41, 5.74) is 2.20. The molecule has 2 aromatic rings. The Kier molecular flexibility index (Phi) is 4.88. The fourth-order valence-corrected chi connectivity index (χ4v) is 2.02. The first-order valence-electron chi connectivity index (χ1n) is 5.96. The molecule has 0 saturated carbocycles. The minimum absolute atomic E-state index is 0.392. The Hall–Kier alpha value is -1.71. The smallest absolute Gasteiger partial charge is 0.337 e. The van der Waals surface area contributed by atoms with Crippen molar-refractivity contribution in [2.75, 3.05) is 12.4 Å². The van der Waals surface area contributed by atoms with E-state index in [0.717, 1.165) is 5.56 Å². The van der Waals surface area contributed by atoms with Gasteiger partial charge in [-0.3, -0.25) is 0 Å². The maximum Gasteiger partial charge on any atom is 0.337 e. The molecule has 5 heteroatoms. The van der Waals surface area contributed by atoms with Crippen molar-refractivity contribution >= 4 is 34.9 Å². The van der Waals surface area contributed by atoms with Gasteiger partial charge in [-0.2, -0.15) is 0 Å². The van der Waals surface area contributed by atoms with Gasteiger partial charge in [0, 0.05) is 11.6 Å². The third kappa shape index (κ3) is 3.65. The van der Waals surface area contributed by atoms with Gasteiger partial charge in [0.05, 0.1) is 23.4 Å². The van der Waals surface area contributed by atoms with E-state index in [9.17, 15) is 4.79 Å². The Bertz CT molecular complexity index is 612. The van der Waals surface area contributed by atoms with Gasteiger partial charge in [0.2, 0.25) is 0 Å². The number of esters is 1. The van der Waals surface area contributed by atoms with Gasteiger partial charge in [0.25, 0.3) is 0 Å². The number of hydrogen-bond acceptors (Lipinski definition) is 3. The molecule has 0 unspecified atom stereocenters. The Morgan fingerprint density at radius 1 is 1.15 bits per heavy atom. The molecule has 2 aromatic carbocycles. The highest BCUT2D eigenvalue weighted by atomic mass is 35.5. The molecular weight excluding hydrogens is 297 g/mol. The minimum atomic E-state index is -0.392. The highest BCUT2D eigenvalue weighted by Crippen LogP contribution is 2.24. The molecule has 0 spiro atoms. The van der Waals surface area contributed by atoms with Crippen molar-refractivity contribution in [1.29, 1.82) is 0 Å². The lowest BCUT2D eigenvalue weighted by Gasteiger charge is -2.10. The zero-order valence-electron chi connectivity index (χ0n) is 10.8. The van der Waals surface area contributed by atoms with Crippen LogP contribution < -0.4 is 5.32 Å². The lowest BCUT2D eigenvalue weighted by molar-refractivity contribution is 0.0601. The highest BCUT2D eigenvalue weighted by molar-refractivity contribution is 6.33. The largest absolute Gasteiger partial charge is 0.465 e. The topological polar surface area (TPSA) is 38.3 Å². The Morgan fingerprint density at radius 2 is 1.85 bits per heavy atom. The van der Waals surface area contributed by atoms with Crippen LogP contribution in [0.5, 0.6) is 0 Å². The predicted octanol–water partition coefficient (Wildman–Crippen LogP) is 4.39. The number of carbonyl (C=O) groups excluding carboxylic acids is 1. The molecule has 0 aliphatic carbocycles. The summed E-state index contributed by atoms with van der Waals surface area (Å²) >= 11 is 11.9. The number of halogens is 2. The fourth-order valence-electron chi connectivity index (χ4n) is 1.71. The van der Waals surface area contributed by atoms with Gasteiger partial charge in [-0.15, -0.1) is 0 Å². The molecule has 0 bridgehead atoms. The van der Waals surface area contributed by atoms with Crippen molar-refractivity contribution < 1.29 is 9.53 Å². The van der Waals surface area contributed by atoms with Crippen LogP contribution in [0.4, 0.5) is 5.69 Å². The summed E-state index contributed by atoms with van der Waals surface area (Å²) in [5.74, 6) is -0.392. The normalized spacial score (nSPS) is 10.2. The molecule has 0 aliphatic rings. The van der Waals surface area contributed by atoms with Gasteiger partial charge in [-0.1, -0.05) is 35.3 Å². The zero-order chi connectivity index (χ0) is 14.5. The third-order valence-corrected chi connectivity index (χ3v) is 3.37. The molecular formula is C15H13Cl2NO2. The van der Waals surface area contributed by atoms with Crippen molar-refractivity contribution in [3.63, 3.8) is 0 Å². The summed E-state index contributed by atoms with van der Waals surface area (Å²) in [6, 6.07) is 12.5. The molecule has 3 nitrogen and oxygen atoms in total. The Labute approximate surface area is 127 Å². The van der Waals surface area contributed by atoms with E-state index in [0.29, 0.717) is 27.8 Å². The molecule has 1 N–H and O–H groups in total. The number of carbonyl (C=O) groups is 1. The van der Waals surface area contributed by atoms with Gasteiger partial charge in [-0.25, -0.2) is 4.79 Å². The molecule has 0 atom stereocenters. The van der Waals surface area contributed by atoms with E-state index in [1.165, 1.54) is 7.11 Å². The summed E-state index contributed by atoms with van der Waals surface area (Å²) in [6.07, 6.45) is 0. The van der Waals surface area contributed by atoms with Crippen LogP contribution >= 0.6 is 23.2 Å². The SMILES string of the molecule is COC(=O)c1ccc(Cl)c(NCc2ccc(Cl)cc2)c1. The lowest BCUT2D eigenvalue weighted by atomic mass is 10.2. The summed E-state index contributed by atoms with van der Waals surface area (Å²) in [7, 11) is 1.34. The molecule has 0 heterocycles. The average molecular weight is 310 g/mol. The maximum atomic E-state index is 11.5. The van der Waals surface area contributed by atoms with Gasteiger partial charge in [0.1, 0.15) is 0 Å². The quantitative estimate of drug-likeness (QED) is 0.851. The maximum absolute atomic E-state index is 11.5. The monoisotopic (exact) mass is 309 g/mol. The fraction of sp³-hybridized carbons (Fsp3) is 0.133. The van der Waals surface area contributed by atoms with Crippen molar-refractivity contribution in [1.82, 2.24) is 0 Å². The van der Waals surface area contributed by atoms with Crippen molar-refractivity contribution in [3.05, 3.63) is 63.6 Å². The van der Waals surface area contributed by atoms with Gasteiger partial charge < -0.3 is 10.1 Å². The van der Waals surface area contributed by atoms with E-state index < -0.39 is 5.97 Å². The molecule has 0 amide bonds. The molecule has 0 radical (unpaired) electrons. The summed E-state index contributed by atoms with van der Waals surface area (Å²) in [4.78, 5) is 11.5. The van der Waals surface area contributed by atoms with E-state index in [4.69, 9.17) is 23.2 Å². The number of hydrogen-bond donors (Lipinski definition) is 1. The minimum Gasteiger partial charge on any atom is -0.465 e. The van der Waals surface area contributed by atoms with E-state index in [-0.39, 0.29) is 0 Å². The molecule has 0 aromatic heterocycles. The number of rotatable bonds is 4. The lowest BCUT2D eigenvalue weighted by Crippen LogP contribution is -2.04. The van der Waals surface area contributed by atoms with E-state index in [2.05, 4.69) is 10.1 Å².